The van der Waals surface area contributed by atoms with Crippen LogP contribution in [0.5, 0.6) is 11.5 Å². The van der Waals surface area contributed by atoms with Gasteiger partial charge in [0.1, 0.15) is 11.5 Å². The molecule has 0 amide bonds. The molecule has 0 radical (unpaired) electrons. The molecule has 2 saturated heterocycles. The lowest BCUT2D eigenvalue weighted by atomic mass is 9.93. The monoisotopic (exact) mass is 430 g/mol. The topological polar surface area (TPSA) is 86.6 Å². The first-order valence-corrected chi connectivity index (χ1v) is 10.5. The lowest BCUT2D eigenvalue weighted by Crippen LogP contribution is -2.39. The van der Waals surface area contributed by atoms with Crippen molar-refractivity contribution in [2.24, 2.45) is 10.8 Å². The number of hydrogen-bond acceptors (Lipinski definition) is 7. The second-order valence-corrected chi connectivity index (χ2v) is 9.09. The maximum Gasteiger partial charge on any atom is 0.183 e. The second-order valence-electron chi connectivity index (χ2n) is 9.09. The van der Waals surface area contributed by atoms with Crippen molar-refractivity contribution >= 4 is 0 Å². The third kappa shape index (κ3) is 5.26. The third-order valence-corrected chi connectivity index (χ3v) is 5.64. The zero-order valence-electron chi connectivity index (χ0n) is 18.0. The predicted molar refractivity (Wildman–Crippen MR) is 113 cm³/mol. The van der Waals surface area contributed by atoms with Crippen LogP contribution >= 0.6 is 0 Å². The fourth-order valence-corrected chi connectivity index (χ4v) is 3.38. The summed E-state index contributed by atoms with van der Waals surface area (Å²) in [7, 11) is 0. The Labute approximate surface area is 182 Å². The van der Waals surface area contributed by atoms with Gasteiger partial charge in [-0.15, -0.1) is 0 Å². The molecule has 0 spiro atoms. The van der Waals surface area contributed by atoms with Crippen LogP contribution < -0.4 is 4.74 Å². The Hall–Kier alpha value is -2.00. The molecule has 7 heteroatoms. The van der Waals surface area contributed by atoms with Gasteiger partial charge in [-0.3, -0.25) is 0 Å². The van der Waals surface area contributed by atoms with E-state index in [1.54, 1.807) is 0 Å². The number of aliphatic hydroxyl groups is 2. The largest absolute Gasteiger partial charge is 0.457 e. The minimum absolute atomic E-state index is 0.0341. The van der Waals surface area contributed by atoms with Gasteiger partial charge in [-0.25, -0.2) is 0 Å². The molecule has 2 aromatic rings. The number of ether oxygens (including phenoxy) is 5. The summed E-state index contributed by atoms with van der Waals surface area (Å²) in [4.78, 5) is 0. The Balaban J connectivity index is 1.32. The van der Waals surface area contributed by atoms with Gasteiger partial charge in [0.05, 0.1) is 39.6 Å². The Bertz CT molecular complexity index is 762. The van der Waals surface area contributed by atoms with E-state index in [4.69, 9.17) is 23.7 Å². The third-order valence-electron chi connectivity index (χ3n) is 5.64. The fourth-order valence-electron chi connectivity index (χ4n) is 3.38. The van der Waals surface area contributed by atoms with Crippen molar-refractivity contribution < 1.29 is 33.9 Å². The molecule has 0 unspecified atom stereocenters. The second kappa shape index (κ2) is 9.24. The predicted octanol–water partition coefficient (Wildman–Crippen LogP) is 3.57. The maximum atomic E-state index is 9.41. The van der Waals surface area contributed by atoms with Crippen LogP contribution in [-0.2, 0) is 18.9 Å². The highest BCUT2D eigenvalue weighted by Gasteiger charge is 2.33. The van der Waals surface area contributed by atoms with Crippen LogP contribution in [0.15, 0.2) is 48.5 Å². The minimum Gasteiger partial charge on any atom is -0.457 e. The van der Waals surface area contributed by atoms with Crippen LogP contribution in [0.3, 0.4) is 0 Å². The molecule has 0 saturated carbocycles. The normalized spacial score (nSPS) is 31.4. The summed E-state index contributed by atoms with van der Waals surface area (Å²) in [5.74, 6) is 1.41. The number of rotatable bonds is 6. The molecule has 2 aliphatic heterocycles. The van der Waals surface area contributed by atoms with Crippen molar-refractivity contribution in [1.82, 2.24) is 0 Å². The molecule has 7 nitrogen and oxygen atoms in total. The minimum atomic E-state index is -0.434. The van der Waals surface area contributed by atoms with Crippen molar-refractivity contribution in [3.8, 4) is 11.5 Å². The summed E-state index contributed by atoms with van der Waals surface area (Å²) in [6, 6.07) is 15.2. The van der Waals surface area contributed by atoms with E-state index < -0.39 is 12.6 Å². The highest BCUT2D eigenvalue weighted by molar-refractivity contribution is 5.35. The zero-order valence-corrected chi connectivity index (χ0v) is 18.0. The van der Waals surface area contributed by atoms with E-state index in [1.165, 1.54) is 0 Å². The van der Waals surface area contributed by atoms with Crippen molar-refractivity contribution in [2.45, 2.75) is 26.4 Å². The summed E-state index contributed by atoms with van der Waals surface area (Å²) < 4.78 is 29.0. The highest BCUT2D eigenvalue weighted by Crippen LogP contribution is 2.34. The Morgan fingerprint density at radius 1 is 0.677 bits per heavy atom. The van der Waals surface area contributed by atoms with Crippen LogP contribution in [0.4, 0.5) is 0 Å². The molecule has 0 bridgehead atoms. The van der Waals surface area contributed by atoms with Crippen LogP contribution in [0.25, 0.3) is 0 Å². The lowest BCUT2D eigenvalue weighted by molar-refractivity contribution is -0.236. The van der Waals surface area contributed by atoms with Crippen LogP contribution in [-0.4, -0.2) is 49.9 Å². The standard InChI is InChI=1S/C24H30O7/c1-23(11-25)13-27-21(28-14-23)17-3-7-19(8-4-17)31-20-9-5-18(6-10-20)22-29-15-24(2,12-26)16-30-22/h3-10,21-22,25-26H,11-16H2,1-2H3. The number of aliphatic hydroxyl groups excluding tert-OH is 2. The molecule has 0 atom stereocenters. The van der Waals surface area contributed by atoms with E-state index in [1.807, 2.05) is 62.4 Å². The van der Waals surface area contributed by atoms with Gasteiger partial charge in [-0.05, 0) is 24.3 Å². The molecule has 0 aliphatic carbocycles. The van der Waals surface area contributed by atoms with E-state index >= 15 is 0 Å². The van der Waals surface area contributed by atoms with Crippen molar-refractivity contribution in [3.63, 3.8) is 0 Å². The molecule has 168 valence electrons. The van der Waals surface area contributed by atoms with Crippen LogP contribution in [0.1, 0.15) is 37.6 Å². The Morgan fingerprint density at radius 3 is 1.29 bits per heavy atom. The van der Waals surface area contributed by atoms with Gasteiger partial charge in [-0.1, -0.05) is 38.1 Å². The Morgan fingerprint density at radius 2 is 1.00 bits per heavy atom. The van der Waals surface area contributed by atoms with Gasteiger partial charge in [0.2, 0.25) is 0 Å². The van der Waals surface area contributed by atoms with Crippen LogP contribution in [0, 0.1) is 10.8 Å². The lowest BCUT2D eigenvalue weighted by Gasteiger charge is -2.36. The van der Waals surface area contributed by atoms with E-state index in [9.17, 15) is 10.2 Å². The summed E-state index contributed by atoms with van der Waals surface area (Å²) in [6.07, 6.45) is -0.868. The highest BCUT2D eigenvalue weighted by atomic mass is 16.7. The summed E-state index contributed by atoms with van der Waals surface area (Å²) in [5.41, 5.74) is 1.11. The fraction of sp³-hybridized carbons (Fsp3) is 0.500. The van der Waals surface area contributed by atoms with Crippen molar-refractivity contribution in [2.75, 3.05) is 39.6 Å². The van der Waals surface area contributed by atoms with Gasteiger partial charge in [-0.2, -0.15) is 0 Å². The molecule has 2 N–H and O–H groups in total. The quantitative estimate of drug-likeness (QED) is 0.725. The first-order valence-electron chi connectivity index (χ1n) is 10.5. The number of benzene rings is 2. The first kappa shape index (κ1) is 22.2. The smallest absolute Gasteiger partial charge is 0.183 e. The first-order chi connectivity index (χ1) is 14.9. The van der Waals surface area contributed by atoms with E-state index in [-0.39, 0.29) is 24.0 Å². The Kier molecular flexibility index (Phi) is 6.62. The van der Waals surface area contributed by atoms with Gasteiger partial charge >= 0.3 is 0 Å². The molecular weight excluding hydrogens is 400 g/mol. The maximum absolute atomic E-state index is 9.41. The number of hydrogen-bond donors (Lipinski definition) is 2. The van der Waals surface area contributed by atoms with Gasteiger partial charge in [0, 0.05) is 22.0 Å². The molecule has 2 heterocycles. The molecule has 2 aromatic carbocycles. The summed E-state index contributed by atoms with van der Waals surface area (Å²) in [5, 5.41) is 18.8. The molecule has 2 fully saturated rings. The van der Waals surface area contributed by atoms with Gasteiger partial charge in [0.15, 0.2) is 12.6 Å². The van der Waals surface area contributed by atoms with Gasteiger partial charge in [0.25, 0.3) is 0 Å². The van der Waals surface area contributed by atoms with E-state index in [0.29, 0.717) is 37.9 Å². The summed E-state index contributed by atoms with van der Waals surface area (Å²) in [6.45, 7) is 5.74. The molecule has 0 aromatic heterocycles. The average Bonchev–Trinajstić information content (AvgIpc) is 2.81. The zero-order chi connectivity index (χ0) is 21.9. The van der Waals surface area contributed by atoms with E-state index in [2.05, 4.69) is 0 Å². The average molecular weight is 430 g/mol. The summed E-state index contributed by atoms with van der Waals surface area (Å²) >= 11 is 0. The molecular formula is C24H30O7. The molecule has 31 heavy (non-hydrogen) atoms. The van der Waals surface area contributed by atoms with Crippen molar-refractivity contribution in [1.29, 1.82) is 0 Å². The van der Waals surface area contributed by atoms with Crippen LogP contribution in [0.2, 0.25) is 0 Å². The van der Waals surface area contributed by atoms with E-state index in [0.717, 1.165) is 11.1 Å². The molecule has 2 aliphatic rings. The van der Waals surface area contributed by atoms with Crippen molar-refractivity contribution in [3.05, 3.63) is 59.7 Å². The molecule has 4 rings (SSSR count). The van der Waals surface area contributed by atoms with Gasteiger partial charge < -0.3 is 33.9 Å². The SMILES string of the molecule is CC1(CO)COC(c2ccc(Oc3ccc(C4OCC(C)(CO)CO4)cc3)cc2)OC1.